The summed E-state index contributed by atoms with van der Waals surface area (Å²) in [6.07, 6.45) is 1.91. The molecule has 0 bridgehead atoms. The smallest absolute Gasteiger partial charge is 0.258 e. The summed E-state index contributed by atoms with van der Waals surface area (Å²) in [5, 5.41) is 0. The van der Waals surface area contributed by atoms with Crippen molar-refractivity contribution >= 4 is 23.2 Å². The van der Waals surface area contributed by atoms with Crippen molar-refractivity contribution < 1.29 is 23.0 Å². The summed E-state index contributed by atoms with van der Waals surface area (Å²) in [4.78, 5) is 14.3. The summed E-state index contributed by atoms with van der Waals surface area (Å²) in [5.74, 6) is -2.61. The lowest BCUT2D eigenvalue weighted by molar-refractivity contribution is -0.168. The molecular formula is C21H20F2N2O3. The molecule has 2 N–H and O–H groups in total. The number of rotatable bonds is 4. The fraction of sp³-hybridized carbons (Fsp3) is 0.286. The minimum absolute atomic E-state index is 0.140. The lowest BCUT2D eigenvalue weighted by Gasteiger charge is -2.28. The van der Waals surface area contributed by atoms with Crippen LogP contribution in [0.1, 0.15) is 23.1 Å². The third-order valence-electron chi connectivity index (χ3n) is 5.11. The number of carbonyl (C=O) groups is 1. The maximum atomic E-state index is 14.1. The van der Waals surface area contributed by atoms with Crippen LogP contribution in [0, 0.1) is 11.6 Å². The van der Waals surface area contributed by atoms with Gasteiger partial charge in [0.25, 0.3) is 5.91 Å². The molecule has 0 aromatic heterocycles. The van der Waals surface area contributed by atoms with Gasteiger partial charge >= 0.3 is 0 Å². The zero-order chi connectivity index (χ0) is 19.9. The number of nitrogens with two attached hydrogens (primary N) is 1. The maximum Gasteiger partial charge on any atom is 0.258 e. The van der Waals surface area contributed by atoms with E-state index in [1.54, 1.807) is 7.05 Å². The fourth-order valence-electron chi connectivity index (χ4n) is 3.70. The van der Waals surface area contributed by atoms with Gasteiger partial charge in [-0.2, -0.15) is 0 Å². The molecule has 146 valence electrons. The number of nitrogens with zero attached hydrogens (tertiary/aromatic N) is 1. The minimum Gasteiger partial charge on any atom is -0.343 e. The standard InChI is InChI=1S/C21H20F2N2O3/c1-25-19-5-3-14(21(6-7-24)27-8-9-28-21)11-16(19)17(20(25)26)10-13-2-4-15(22)12-18(13)23/h2-5,10-12H,6-9,24H2,1H3/b17-10-. The quantitative estimate of drug-likeness (QED) is 0.821. The molecule has 0 radical (unpaired) electrons. The van der Waals surface area contributed by atoms with Crippen molar-refractivity contribution in [1.82, 2.24) is 0 Å². The molecule has 2 aliphatic rings. The predicted octanol–water partition coefficient (Wildman–Crippen LogP) is 3.03. The van der Waals surface area contributed by atoms with Gasteiger partial charge in [-0.3, -0.25) is 4.79 Å². The first kappa shape index (κ1) is 18.7. The van der Waals surface area contributed by atoms with Gasteiger partial charge in [0.1, 0.15) is 11.6 Å². The van der Waals surface area contributed by atoms with Crippen LogP contribution in [0.5, 0.6) is 0 Å². The SMILES string of the molecule is CN1C(=O)/C(=C\c2ccc(F)cc2F)c2cc(C3(CCN)OCCO3)ccc21. The Balaban J connectivity index is 1.82. The molecule has 1 fully saturated rings. The Labute approximate surface area is 161 Å². The first-order valence-electron chi connectivity index (χ1n) is 9.03. The predicted molar refractivity (Wildman–Crippen MR) is 101 cm³/mol. The second kappa shape index (κ2) is 7.09. The highest BCUT2D eigenvalue weighted by Gasteiger charge is 2.40. The molecule has 0 atom stereocenters. The maximum absolute atomic E-state index is 14.1. The molecule has 7 heteroatoms. The van der Waals surface area contributed by atoms with Crippen molar-refractivity contribution in [2.24, 2.45) is 5.73 Å². The first-order chi connectivity index (χ1) is 13.4. The Morgan fingerprint density at radius 1 is 1.18 bits per heavy atom. The molecule has 1 saturated heterocycles. The van der Waals surface area contributed by atoms with E-state index in [2.05, 4.69) is 0 Å². The van der Waals surface area contributed by atoms with E-state index in [9.17, 15) is 13.6 Å². The zero-order valence-corrected chi connectivity index (χ0v) is 15.4. The molecule has 2 heterocycles. The van der Waals surface area contributed by atoms with E-state index >= 15 is 0 Å². The first-order valence-corrected chi connectivity index (χ1v) is 9.03. The molecule has 2 aromatic carbocycles. The summed E-state index contributed by atoms with van der Waals surface area (Å²) in [5.41, 5.74) is 8.30. The molecule has 2 aliphatic heterocycles. The number of ether oxygens (including phenoxy) is 2. The van der Waals surface area contributed by atoms with E-state index in [1.807, 2.05) is 18.2 Å². The number of fused-ring (bicyclic) bond motifs is 1. The summed E-state index contributed by atoms with van der Waals surface area (Å²) in [6, 6.07) is 8.76. The van der Waals surface area contributed by atoms with E-state index in [0.717, 1.165) is 17.7 Å². The van der Waals surface area contributed by atoms with E-state index in [1.165, 1.54) is 17.0 Å². The van der Waals surface area contributed by atoms with Crippen LogP contribution >= 0.6 is 0 Å². The van der Waals surface area contributed by atoms with Crippen LogP contribution in [0.4, 0.5) is 14.5 Å². The second-order valence-electron chi connectivity index (χ2n) is 6.81. The van der Waals surface area contributed by atoms with Crippen molar-refractivity contribution in [3.05, 3.63) is 64.7 Å². The van der Waals surface area contributed by atoms with E-state index in [0.29, 0.717) is 43.0 Å². The van der Waals surface area contributed by atoms with Crippen molar-refractivity contribution in [3.63, 3.8) is 0 Å². The van der Waals surface area contributed by atoms with Crippen molar-refractivity contribution in [2.75, 3.05) is 31.7 Å². The Hall–Kier alpha value is -2.61. The molecule has 4 rings (SSSR count). The van der Waals surface area contributed by atoms with Gasteiger partial charge in [-0.15, -0.1) is 0 Å². The molecule has 1 amide bonds. The number of anilines is 1. The largest absolute Gasteiger partial charge is 0.343 e. The second-order valence-corrected chi connectivity index (χ2v) is 6.81. The normalized spacial score (nSPS) is 19.5. The number of halogens is 2. The van der Waals surface area contributed by atoms with E-state index in [4.69, 9.17) is 15.2 Å². The van der Waals surface area contributed by atoms with Gasteiger partial charge in [0, 0.05) is 41.8 Å². The third-order valence-corrected chi connectivity index (χ3v) is 5.11. The third kappa shape index (κ3) is 3.01. The van der Waals surface area contributed by atoms with Crippen LogP contribution < -0.4 is 10.6 Å². The van der Waals surface area contributed by atoms with Crippen LogP contribution in [0.3, 0.4) is 0 Å². The summed E-state index contributed by atoms with van der Waals surface area (Å²) in [6.45, 7) is 1.29. The van der Waals surface area contributed by atoms with Crippen LogP contribution in [0.2, 0.25) is 0 Å². The molecule has 0 aliphatic carbocycles. The average molecular weight is 386 g/mol. The highest BCUT2D eigenvalue weighted by atomic mass is 19.1. The number of benzene rings is 2. The Kier molecular flexibility index (Phi) is 4.74. The average Bonchev–Trinajstić information content (AvgIpc) is 3.24. The highest BCUT2D eigenvalue weighted by molar-refractivity contribution is 6.35. The lowest BCUT2D eigenvalue weighted by atomic mass is 9.96. The Morgan fingerprint density at radius 3 is 2.61 bits per heavy atom. The van der Waals surface area contributed by atoms with Crippen molar-refractivity contribution in [1.29, 1.82) is 0 Å². The topological polar surface area (TPSA) is 64.8 Å². The monoisotopic (exact) mass is 386 g/mol. The lowest BCUT2D eigenvalue weighted by Crippen LogP contribution is -2.30. The van der Waals surface area contributed by atoms with Crippen LogP contribution in [-0.4, -0.2) is 32.7 Å². The van der Waals surface area contributed by atoms with E-state index < -0.39 is 17.4 Å². The van der Waals surface area contributed by atoms with Crippen molar-refractivity contribution in [3.8, 4) is 0 Å². The molecule has 0 saturated carbocycles. The zero-order valence-electron chi connectivity index (χ0n) is 15.4. The summed E-state index contributed by atoms with van der Waals surface area (Å²) in [7, 11) is 1.65. The van der Waals surface area contributed by atoms with Crippen LogP contribution in [0.25, 0.3) is 11.6 Å². The molecular weight excluding hydrogens is 366 g/mol. The Morgan fingerprint density at radius 2 is 1.93 bits per heavy atom. The number of hydrogen-bond acceptors (Lipinski definition) is 4. The molecule has 0 spiro atoms. The molecule has 0 unspecified atom stereocenters. The summed E-state index contributed by atoms with van der Waals surface area (Å²) >= 11 is 0. The number of hydrogen-bond donors (Lipinski definition) is 1. The van der Waals surface area contributed by atoms with Gasteiger partial charge in [0.15, 0.2) is 5.79 Å². The van der Waals surface area contributed by atoms with E-state index in [-0.39, 0.29) is 11.5 Å². The summed E-state index contributed by atoms with van der Waals surface area (Å²) < 4.78 is 39.0. The fourth-order valence-corrected chi connectivity index (χ4v) is 3.70. The van der Waals surface area contributed by atoms with Crippen LogP contribution in [0.15, 0.2) is 36.4 Å². The number of likely N-dealkylation sites (N-methyl/N-ethyl adjacent to an activating group) is 1. The molecule has 28 heavy (non-hydrogen) atoms. The van der Waals surface area contributed by atoms with Gasteiger partial charge < -0.3 is 20.1 Å². The van der Waals surface area contributed by atoms with Gasteiger partial charge in [-0.05, 0) is 36.9 Å². The number of amides is 1. The molecule has 5 nitrogen and oxygen atoms in total. The Bertz CT molecular complexity index is 968. The number of carbonyl (C=O) groups excluding carboxylic acids is 1. The van der Waals surface area contributed by atoms with Crippen LogP contribution in [-0.2, 0) is 20.1 Å². The van der Waals surface area contributed by atoms with Gasteiger partial charge in [-0.1, -0.05) is 6.07 Å². The van der Waals surface area contributed by atoms with Gasteiger partial charge in [0.2, 0.25) is 0 Å². The van der Waals surface area contributed by atoms with Gasteiger partial charge in [0.05, 0.1) is 18.9 Å². The van der Waals surface area contributed by atoms with Crippen molar-refractivity contribution in [2.45, 2.75) is 12.2 Å². The minimum atomic E-state index is -0.944. The van der Waals surface area contributed by atoms with Gasteiger partial charge in [-0.25, -0.2) is 8.78 Å². The molecule has 2 aromatic rings. The highest BCUT2D eigenvalue weighted by Crippen LogP contribution is 2.42.